The zero-order valence-electron chi connectivity index (χ0n) is 14.4. The molecule has 0 bridgehead atoms. The number of piperidine rings is 1. The molecule has 1 amide bonds. The van der Waals surface area contributed by atoms with E-state index in [1.807, 2.05) is 0 Å². The third kappa shape index (κ3) is 4.36. The molecule has 1 aromatic rings. The van der Waals surface area contributed by atoms with Crippen LogP contribution >= 0.6 is 0 Å². The molecule has 1 aliphatic heterocycles. The standard InChI is InChI=1S/C17H27N3O3/c1-17(2)11-20(8-7-15(17)18)10-16(21)19-13-6-5-12(22-3)9-14(13)23-4/h5-6,9,15H,7-8,10-11,18H2,1-4H3,(H,19,21). The fourth-order valence-corrected chi connectivity index (χ4v) is 2.91. The second-order valence-corrected chi connectivity index (χ2v) is 6.71. The Labute approximate surface area is 137 Å². The Balaban J connectivity index is 1.97. The average Bonchev–Trinajstić information content (AvgIpc) is 2.51. The van der Waals surface area contributed by atoms with E-state index in [0.717, 1.165) is 19.5 Å². The molecule has 2 rings (SSSR count). The zero-order chi connectivity index (χ0) is 17.0. The average molecular weight is 321 g/mol. The van der Waals surface area contributed by atoms with E-state index in [4.69, 9.17) is 15.2 Å². The van der Waals surface area contributed by atoms with Gasteiger partial charge >= 0.3 is 0 Å². The second kappa shape index (κ2) is 7.19. The van der Waals surface area contributed by atoms with Crippen molar-refractivity contribution in [1.82, 2.24) is 4.90 Å². The summed E-state index contributed by atoms with van der Waals surface area (Å²) in [5.74, 6) is 1.21. The van der Waals surface area contributed by atoms with Gasteiger partial charge in [0.2, 0.25) is 5.91 Å². The van der Waals surface area contributed by atoms with Crippen LogP contribution in [0.15, 0.2) is 18.2 Å². The highest BCUT2D eigenvalue weighted by molar-refractivity contribution is 5.93. The van der Waals surface area contributed by atoms with Crippen LogP contribution in [0.1, 0.15) is 20.3 Å². The minimum absolute atomic E-state index is 0.0241. The topological polar surface area (TPSA) is 76.8 Å². The number of ether oxygens (including phenoxy) is 2. The molecule has 6 heteroatoms. The highest BCUT2D eigenvalue weighted by atomic mass is 16.5. The lowest BCUT2D eigenvalue weighted by Gasteiger charge is -2.42. The molecule has 1 saturated heterocycles. The summed E-state index contributed by atoms with van der Waals surface area (Å²) in [5, 5.41) is 2.91. The van der Waals surface area contributed by atoms with Crippen molar-refractivity contribution < 1.29 is 14.3 Å². The Morgan fingerprint density at radius 2 is 2.13 bits per heavy atom. The summed E-state index contributed by atoms with van der Waals surface area (Å²) in [5.41, 5.74) is 6.81. The fraction of sp³-hybridized carbons (Fsp3) is 0.588. The van der Waals surface area contributed by atoms with Gasteiger partial charge < -0.3 is 20.5 Å². The molecule has 1 fully saturated rings. The van der Waals surface area contributed by atoms with E-state index in [9.17, 15) is 4.79 Å². The molecule has 1 aliphatic rings. The number of methoxy groups -OCH3 is 2. The molecule has 0 radical (unpaired) electrons. The number of hydrogen-bond acceptors (Lipinski definition) is 5. The summed E-state index contributed by atoms with van der Waals surface area (Å²) in [4.78, 5) is 14.5. The largest absolute Gasteiger partial charge is 0.497 e. The summed E-state index contributed by atoms with van der Waals surface area (Å²) in [7, 11) is 3.16. The highest BCUT2D eigenvalue weighted by Gasteiger charge is 2.33. The van der Waals surface area contributed by atoms with Gasteiger partial charge in [0.1, 0.15) is 11.5 Å². The van der Waals surface area contributed by atoms with Crippen LogP contribution in [0.5, 0.6) is 11.5 Å². The first kappa shape index (κ1) is 17.6. The van der Waals surface area contributed by atoms with Crippen molar-refractivity contribution in [2.75, 3.05) is 39.2 Å². The molecule has 0 aliphatic carbocycles. The predicted octanol–water partition coefficient (Wildman–Crippen LogP) is 1.70. The molecule has 0 aromatic heterocycles. The minimum Gasteiger partial charge on any atom is -0.497 e. The summed E-state index contributed by atoms with van der Waals surface area (Å²) in [6, 6.07) is 5.51. The van der Waals surface area contributed by atoms with E-state index < -0.39 is 0 Å². The van der Waals surface area contributed by atoms with Gasteiger partial charge in [0.05, 0.1) is 26.5 Å². The number of benzene rings is 1. The minimum atomic E-state index is -0.0558. The summed E-state index contributed by atoms with van der Waals surface area (Å²) in [6.45, 7) is 6.31. The van der Waals surface area contributed by atoms with Crippen molar-refractivity contribution in [2.45, 2.75) is 26.3 Å². The summed E-state index contributed by atoms with van der Waals surface area (Å²) >= 11 is 0. The lowest BCUT2D eigenvalue weighted by molar-refractivity contribution is -0.118. The Hall–Kier alpha value is -1.79. The van der Waals surface area contributed by atoms with E-state index in [-0.39, 0.29) is 17.4 Å². The number of anilines is 1. The summed E-state index contributed by atoms with van der Waals surface area (Å²) < 4.78 is 10.5. The van der Waals surface area contributed by atoms with Gasteiger partial charge in [0.15, 0.2) is 0 Å². The number of nitrogens with zero attached hydrogens (tertiary/aromatic N) is 1. The summed E-state index contributed by atoms with van der Waals surface area (Å²) in [6.07, 6.45) is 0.909. The quantitative estimate of drug-likeness (QED) is 0.863. The van der Waals surface area contributed by atoms with Crippen molar-refractivity contribution in [3.63, 3.8) is 0 Å². The van der Waals surface area contributed by atoms with Crippen LogP contribution in [0.4, 0.5) is 5.69 Å². The van der Waals surface area contributed by atoms with Crippen molar-refractivity contribution in [3.8, 4) is 11.5 Å². The first-order valence-electron chi connectivity index (χ1n) is 7.85. The predicted molar refractivity (Wildman–Crippen MR) is 91.0 cm³/mol. The van der Waals surface area contributed by atoms with Crippen molar-refractivity contribution >= 4 is 11.6 Å². The first-order chi connectivity index (χ1) is 10.9. The number of amides is 1. The zero-order valence-corrected chi connectivity index (χ0v) is 14.4. The highest BCUT2D eigenvalue weighted by Crippen LogP contribution is 2.30. The lowest BCUT2D eigenvalue weighted by atomic mass is 9.80. The number of carbonyl (C=O) groups is 1. The third-order valence-electron chi connectivity index (χ3n) is 4.44. The molecule has 1 heterocycles. The van der Waals surface area contributed by atoms with Crippen molar-refractivity contribution in [1.29, 1.82) is 0 Å². The number of rotatable bonds is 5. The van der Waals surface area contributed by atoms with Crippen LogP contribution in [0.3, 0.4) is 0 Å². The van der Waals surface area contributed by atoms with Crippen molar-refractivity contribution in [2.24, 2.45) is 11.1 Å². The first-order valence-corrected chi connectivity index (χ1v) is 7.85. The van der Waals surface area contributed by atoms with Crippen LogP contribution in [-0.2, 0) is 4.79 Å². The monoisotopic (exact) mass is 321 g/mol. The molecule has 23 heavy (non-hydrogen) atoms. The van der Waals surface area contributed by atoms with E-state index in [1.165, 1.54) is 0 Å². The maximum atomic E-state index is 12.3. The van der Waals surface area contributed by atoms with Gasteiger partial charge in [-0.15, -0.1) is 0 Å². The fourth-order valence-electron chi connectivity index (χ4n) is 2.91. The lowest BCUT2D eigenvalue weighted by Crippen LogP contribution is -2.53. The van der Waals surface area contributed by atoms with E-state index in [2.05, 4.69) is 24.1 Å². The number of nitrogens with one attached hydrogen (secondary N) is 1. The molecule has 3 N–H and O–H groups in total. The van der Waals surface area contributed by atoms with E-state index in [0.29, 0.717) is 23.7 Å². The Bertz CT molecular complexity index is 560. The number of likely N-dealkylation sites (tertiary alicyclic amines) is 1. The van der Waals surface area contributed by atoms with Gasteiger partial charge in [-0.05, 0) is 24.0 Å². The van der Waals surface area contributed by atoms with Crippen molar-refractivity contribution in [3.05, 3.63) is 18.2 Å². The van der Waals surface area contributed by atoms with E-state index >= 15 is 0 Å². The van der Waals surface area contributed by atoms with E-state index in [1.54, 1.807) is 32.4 Å². The molecule has 6 nitrogen and oxygen atoms in total. The molecular weight excluding hydrogens is 294 g/mol. The molecule has 0 spiro atoms. The van der Waals surface area contributed by atoms with Crippen LogP contribution in [0, 0.1) is 5.41 Å². The molecule has 1 aromatic carbocycles. The Morgan fingerprint density at radius 3 is 2.74 bits per heavy atom. The van der Waals surface area contributed by atoms with Gasteiger partial charge in [-0.3, -0.25) is 9.69 Å². The van der Waals surface area contributed by atoms with Gasteiger partial charge in [0, 0.05) is 25.2 Å². The number of carbonyl (C=O) groups excluding carboxylic acids is 1. The van der Waals surface area contributed by atoms with Crippen LogP contribution in [-0.4, -0.2) is 50.7 Å². The maximum Gasteiger partial charge on any atom is 0.238 e. The number of nitrogens with two attached hydrogens (primary N) is 1. The van der Waals surface area contributed by atoms with Gasteiger partial charge in [-0.2, -0.15) is 0 Å². The molecule has 1 atom stereocenters. The Morgan fingerprint density at radius 1 is 1.39 bits per heavy atom. The molecule has 1 unspecified atom stereocenters. The Kier molecular flexibility index (Phi) is 5.49. The SMILES string of the molecule is COc1ccc(NC(=O)CN2CCC(N)C(C)(C)C2)c(OC)c1. The molecule has 0 saturated carbocycles. The van der Waals surface area contributed by atoms with Crippen LogP contribution in [0.25, 0.3) is 0 Å². The van der Waals surface area contributed by atoms with Gasteiger partial charge in [-0.1, -0.05) is 13.8 Å². The smallest absolute Gasteiger partial charge is 0.238 e. The normalized spacial score (nSPS) is 20.8. The van der Waals surface area contributed by atoms with Gasteiger partial charge in [-0.25, -0.2) is 0 Å². The molecule has 128 valence electrons. The maximum absolute atomic E-state index is 12.3. The second-order valence-electron chi connectivity index (χ2n) is 6.71. The van der Waals surface area contributed by atoms with Crippen LogP contribution < -0.4 is 20.5 Å². The van der Waals surface area contributed by atoms with Gasteiger partial charge in [0.25, 0.3) is 0 Å². The number of hydrogen-bond donors (Lipinski definition) is 2. The van der Waals surface area contributed by atoms with Crippen LogP contribution in [0.2, 0.25) is 0 Å². The molecular formula is C17H27N3O3. The third-order valence-corrected chi connectivity index (χ3v) is 4.44.